The molecule has 0 saturated heterocycles. The van der Waals surface area contributed by atoms with E-state index in [0.29, 0.717) is 5.75 Å². The van der Waals surface area contributed by atoms with E-state index < -0.39 is 10.7 Å². The van der Waals surface area contributed by atoms with E-state index in [1.165, 1.54) is 12.8 Å². The van der Waals surface area contributed by atoms with Crippen molar-refractivity contribution in [1.29, 1.82) is 0 Å². The van der Waals surface area contributed by atoms with E-state index in [2.05, 4.69) is 0 Å². The Bertz CT molecular complexity index is 139. The summed E-state index contributed by atoms with van der Waals surface area (Å²) in [6.45, 7) is 0. The molecule has 3 heteroatoms. The Kier molecular flexibility index (Phi) is 2.51. The summed E-state index contributed by atoms with van der Waals surface area (Å²) in [6, 6.07) is 0. The number of hydrogen-bond acceptors (Lipinski definition) is 2. The van der Waals surface area contributed by atoms with Crippen LogP contribution < -0.4 is 0 Å². The van der Waals surface area contributed by atoms with Crippen LogP contribution in [0.2, 0.25) is 0 Å². The minimum absolute atomic E-state index is 0.395. The fourth-order valence-corrected chi connectivity index (χ4v) is 1.36. The van der Waals surface area contributed by atoms with Gasteiger partial charge in [-0.15, -0.1) is 0 Å². The molecule has 54 valence electrons. The van der Waals surface area contributed by atoms with E-state index >= 15 is 0 Å². The maximum atomic E-state index is 10.0. The van der Waals surface area contributed by atoms with E-state index in [1.54, 1.807) is 0 Å². The van der Waals surface area contributed by atoms with Crippen molar-refractivity contribution in [2.45, 2.75) is 25.7 Å². The molecule has 0 aromatic rings. The van der Waals surface area contributed by atoms with Gasteiger partial charge in [-0.3, -0.25) is 0 Å². The van der Waals surface area contributed by atoms with Crippen molar-refractivity contribution >= 4 is 10.7 Å². The Labute approximate surface area is 57.2 Å². The lowest BCUT2D eigenvalue weighted by Gasteiger charge is -1.89. The molecule has 2 nitrogen and oxygen atoms in total. The van der Waals surface area contributed by atoms with Gasteiger partial charge in [0, 0.05) is 5.75 Å². The van der Waals surface area contributed by atoms with Gasteiger partial charge in [-0.1, -0.05) is 12.8 Å². The zero-order valence-electron chi connectivity index (χ0n) is 5.38. The Morgan fingerprint density at radius 3 is 2.44 bits per heavy atom. The van der Waals surface area contributed by atoms with Crippen LogP contribution in [-0.2, 0) is 10.7 Å². The molecule has 9 heavy (non-hydrogen) atoms. The summed E-state index contributed by atoms with van der Waals surface area (Å²) in [5.41, 5.74) is 0. The maximum Gasteiger partial charge on any atom is 0.140 e. The zero-order chi connectivity index (χ0) is 6.69. The van der Waals surface area contributed by atoms with E-state index in [1.807, 2.05) is 0 Å². The molecule has 1 aliphatic rings. The van der Waals surface area contributed by atoms with Gasteiger partial charge in [0.25, 0.3) is 0 Å². The molecule has 0 amide bonds. The minimum Gasteiger partial charge on any atom is -0.232 e. The van der Waals surface area contributed by atoms with Crippen molar-refractivity contribution in [3.05, 3.63) is 0 Å². The molecule has 0 aliphatic heterocycles. The summed E-state index contributed by atoms with van der Waals surface area (Å²) >= 11 is 0. The van der Waals surface area contributed by atoms with Crippen LogP contribution in [0.1, 0.15) is 25.7 Å². The Hall–Kier alpha value is -0.0500. The van der Waals surface area contributed by atoms with Gasteiger partial charge >= 0.3 is 0 Å². The van der Waals surface area contributed by atoms with Crippen molar-refractivity contribution in [1.82, 2.24) is 0 Å². The molecule has 1 fully saturated rings. The molecule has 0 N–H and O–H groups in total. The predicted molar refractivity (Wildman–Crippen MR) is 37.1 cm³/mol. The average Bonchev–Trinajstić information content (AvgIpc) is 2.48. The first-order chi connectivity index (χ1) is 4.29. The van der Waals surface area contributed by atoms with Gasteiger partial charge in [0.2, 0.25) is 0 Å². The highest BCUT2D eigenvalue weighted by molar-refractivity contribution is 7.72. The summed E-state index contributed by atoms with van der Waals surface area (Å²) in [5, 5.41) is 0. The molecule has 1 aliphatic carbocycles. The monoisotopic (exact) mass is 148 g/mol. The van der Waals surface area contributed by atoms with Crippen LogP contribution in [0, 0.1) is 5.92 Å². The third-order valence-electron chi connectivity index (χ3n) is 1.65. The molecule has 0 radical (unpaired) electrons. The third kappa shape index (κ3) is 3.51. The number of thiol groups is 1. The second-order valence-corrected chi connectivity index (χ2v) is 3.75. The molecule has 0 unspecified atom stereocenters. The summed E-state index contributed by atoms with van der Waals surface area (Å²) in [7, 11) is -2.10. The van der Waals surface area contributed by atoms with E-state index in [-0.39, 0.29) is 0 Å². The lowest BCUT2D eigenvalue weighted by Crippen LogP contribution is -1.87. The summed E-state index contributed by atoms with van der Waals surface area (Å²) in [4.78, 5) is 0. The third-order valence-corrected chi connectivity index (χ3v) is 2.33. The van der Waals surface area contributed by atoms with Gasteiger partial charge < -0.3 is 0 Å². The fraction of sp³-hybridized carbons (Fsp3) is 1.00. The van der Waals surface area contributed by atoms with Crippen molar-refractivity contribution in [2.24, 2.45) is 5.92 Å². The van der Waals surface area contributed by atoms with Gasteiger partial charge in [0.15, 0.2) is 0 Å². The minimum atomic E-state index is -2.10. The Morgan fingerprint density at radius 2 is 2.00 bits per heavy atom. The number of hydrogen-bond donors (Lipinski definition) is 1. The second kappa shape index (κ2) is 3.20. The average molecular weight is 148 g/mol. The molecule has 0 atom stereocenters. The zero-order valence-corrected chi connectivity index (χ0v) is 6.27. The Morgan fingerprint density at radius 1 is 1.33 bits per heavy atom. The molecular formula is C6H12O2S. The van der Waals surface area contributed by atoms with Gasteiger partial charge in [0.05, 0.1) is 0 Å². The molecular weight excluding hydrogens is 136 g/mol. The summed E-state index contributed by atoms with van der Waals surface area (Å²) in [5.74, 6) is 1.27. The van der Waals surface area contributed by atoms with E-state index in [0.717, 1.165) is 18.8 Å². The highest BCUT2D eigenvalue weighted by Crippen LogP contribution is 2.33. The molecule has 1 saturated carbocycles. The van der Waals surface area contributed by atoms with E-state index in [4.69, 9.17) is 0 Å². The van der Waals surface area contributed by atoms with Crippen LogP contribution in [0.3, 0.4) is 0 Å². The van der Waals surface area contributed by atoms with Crippen molar-refractivity contribution in [3.8, 4) is 0 Å². The van der Waals surface area contributed by atoms with Crippen LogP contribution >= 0.6 is 0 Å². The van der Waals surface area contributed by atoms with Crippen molar-refractivity contribution in [2.75, 3.05) is 5.75 Å². The smallest absolute Gasteiger partial charge is 0.140 e. The van der Waals surface area contributed by atoms with Crippen LogP contribution in [0.15, 0.2) is 0 Å². The quantitative estimate of drug-likeness (QED) is 0.598. The first-order valence-electron chi connectivity index (χ1n) is 3.41. The fourth-order valence-electron chi connectivity index (χ4n) is 0.916. The van der Waals surface area contributed by atoms with Crippen molar-refractivity contribution in [3.63, 3.8) is 0 Å². The van der Waals surface area contributed by atoms with Gasteiger partial charge in [0.1, 0.15) is 10.7 Å². The number of rotatable bonds is 4. The van der Waals surface area contributed by atoms with E-state index in [9.17, 15) is 8.42 Å². The SMILES string of the molecule is O=[SH](=O)CCCC1CC1. The van der Waals surface area contributed by atoms with Crippen LogP contribution in [0.4, 0.5) is 0 Å². The maximum absolute atomic E-state index is 10.0. The van der Waals surface area contributed by atoms with Gasteiger partial charge in [-0.25, -0.2) is 8.42 Å². The molecule has 0 heterocycles. The lowest BCUT2D eigenvalue weighted by atomic mass is 10.2. The van der Waals surface area contributed by atoms with Crippen LogP contribution in [-0.4, -0.2) is 14.2 Å². The Balaban J connectivity index is 1.92. The van der Waals surface area contributed by atoms with Gasteiger partial charge in [-0.05, 0) is 18.8 Å². The molecule has 1 rings (SSSR count). The highest BCUT2D eigenvalue weighted by atomic mass is 32.2. The molecule has 0 spiro atoms. The van der Waals surface area contributed by atoms with Crippen molar-refractivity contribution < 1.29 is 8.42 Å². The first-order valence-corrected chi connectivity index (χ1v) is 4.77. The highest BCUT2D eigenvalue weighted by Gasteiger charge is 2.19. The normalized spacial score (nSPS) is 18.8. The summed E-state index contributed by atoms with van der Waals surface area (Å²) in [6.07, 6.45) is 4.66. The topological polar surface area (TPSA) is 34.1 Å². The summed E-state index contributed by atoms with van der Waals surface area (Å²) < 4.78 is 20.1. The first kappa shape index (κ1) is 7.06. The molecule has 0 aromatic carbocycles. The molecule has 0 bridgehead atoms. The van der Waals surface area contributed by atoms with Gasteiger partial charge in [-0.2, -0.15) is 0 Å². The predicted octanol–water partition coefficient (Wildman–Crippen LogP) is 0.788. The van der Waals surface area contributed by atoms with Crippen LogP contribution in [0.25, 0.3) is 0 Å². The second-order valence-electron chi connectivity index (χ2n) is 2.64. The molecule has 0 aromatic heterocycles. The standard InChI is InChI=1S/C6H12O2S/c7-9(8)5-1-2-6-3-4-6/h6,9H,1-5H2. The lowest BCUT2D eigenvalue weighted by molar-refractivity contribution is 0.607. The van der Waals surface area contributed by atoms with Crippen LogP contribution in [0.5, 0.6) is 0 Å². The largest absolute Gasteiger partial charge is 0.232 e.